The second kappa shape index (κ2) is 6.11. The predicted octanol–water partition coefficient (Wildman–Crippen LogP) is 2.40. The van der Waals surface area contributed by atoms with Crippen molar-refractivity contribution in [2.24, 2.45) is 0 Å². The van der Waals surface area contributed by atoms with Gasteiger partial charge in [-0.15, -0.1) is 0 Å². The number of aryl methyl sites for hydroxylation is 1. The Morgan fingerprint density at radius 1 is 1.30 bits per heavy atom. The van der Waals surface area contributed by atoms with Crippen molar-refractivity contribution in [3.05, 3.63) is 59.7 Å². The molecule has 104 valence electrons. The maximum Gasteiger partial charge on any atom is 0.0993 e. The van der Waals surface area contributed by atoms with Gasteiger partial charge in [-0.05, 0) is 31.0 Å². The molecule has 2 aromatic rings. The lowest BCUT2D eigenvalue weighted by atomic mass is 10.0. The number of hydrogen-bond acceptors (Lipinski definition) is 4. The van der Waals surface area contributed by atoms with Crippen LogP contribution in [0.4, 0.5) is 0 Å². The zero-order valence-electron chi connectivity index (χ0n) is 11.6. The number of rotatable bonds is 4. The molecule has 1 aliphatic rings. The first-order valence-corrected chi connectivity index (χ1v) is 7.00. The van der Waals surface area contributed by atoms with Crippen molar-refractivity contribution in [3.8, 4) is 0 Å². The number of hydrogen-bond donors (Lipinski definition) is 1. The smallest absolute Gasteiger partial charge is 0.0993 e. The summed E-state index contributed by atoms with van der Waals surface area (Å²) in [6.45, 7) is 3.66. The molecule has 2 aromatic heterocycles. The molecule has 0 unspecified atom stereocenters. The molecule has 1 N–H and O–H groups in total. The molecule has 4 nitrogen and oxygen atoms in total. The summed E-state index contributed by atoms with van der Waals surface area (Å²) in [7, 11) is 0. The van der Waals surface area contributed by atoms with E-state index in [0.29, 0.717) is 6.04 Å². The summed E-state index contributed by atoms with van der Waals surface area (Å²) in [6.07, 6.45) is 6.63. The molecule has 1 fully saturated rings. The predicted molar refractivity (Wildman–Crippen MR) is 77.1 cm³/mol. The van der Waals surface area contributed by atoms with E-state index in [1.807, 2.05) is 31.5 Å². The van der Waals surface area contributed by atoms with Crippen LogP contribution in [0.5, 0.6) is 0 Å². The summed E-state index contributed by atoms with van der Waals surface area (Å²) >= 11 is 0. The van der Waals surface area contributed by atoms with E-state index in [1.165, 1.54) is 5.56 Å². The summed E-state index contributed by atoms with van der Waals surface area (Å²) in [5.74, 6) is 0. The minimum atomic E-state index is 0.0978. The third kappa shape index (κ3) is 2.86. The molecule has 0 bridgehead atoms. The average Bonchev–Trinajstić information content (AvgIpc) is 2.96. The Morgan fingerprint density at radius 2 is 2.20 bits per heavy atom. The number of aromatic nitrogens is 2. The van der Waals surface area contributed by atoms with E-state index in [-0.39, 0.29) is 6.10 Å². The maximum absolute atomic E-state index is 5.85. The van der Waals surface area contributed by atoms with E-state index >= 15 is 0 Å². The monoisotopic (exact) mass is 269 g/mol. The number of nitrogens with one attached hydrogen (secondary N) is 1. The van der Waals surface area contributed by atoms with E-state index in [0.717, 1.165) is 30.8 Å². The lowest BCUT2D eigenvalue weighted by Gasteiger charge is -2.20. The molecule has 2 atom stereocenters. The van der Waals surface area contributed by atoms with Crippen LogP contribution in [0.1, 0.15) is 29.3 Å². The first-order valence-electron chi connectivity index (χ1n) is 7.00. The Labute approximate surface area is 119 Å². The molecular formula is C16H19N3O. The van der Waals surface area contributed by atoms with Crippen LogP contribution in [0.25, 0.3) is 0 Å². The molecule has 0 aromatic carbocycles. The summed E-state index contributed by atoms with van der Waals surface area (Å²) in [5, 5.41) is 3.59. The van der Waals surface area contributed by atoms with Crippen molar-refractivity contribution < 1.29 is 4.74 Å². The summed E-state index contributed by atoms with van der Waals surface area (Å²) < 4.78 is 5.85. The first kappa shape index (κ1) is 13.2. The fourth-order valence-corrected chi connectivity index (χ4v) is 2.62. The molecule has 0 aliphatic carbocycles. The highest BCUT2D eigenvalue weighted by Gasteiger charge is 2.29. The van der Waals surface area contributed by atoms with Crippen molar-refractivity contribution in [1.82, 2.24) is 15.3 Å². The van der Waals surface area contributed by atoms with Crippen molar-refractivity contribution >= 4 is 0 Å². The third-order valence-electron chi connectivity index (χ3n) is 3.78. The highest BCUT2D eigenvalue weighted by Crippen LogP contribution is 2.28. The van der Waals surface area contributed by atoms with Crippen molar-refractivity contribution in [3.63, 3.8) is 0 Å². The van der Waals surface area contributed by atoms with Gasteiger partial charge >= 0.3 is 0 Å². The first-order chi connectivity index (χ1) is 9.84. The molecule has 0 saturated carbocycles. The molecule has 1 saturated heterocycles. The second-order valence-electron chi connectivity index (χ2n) is 5.10. The van der Waals surface area contributed by atoms with Gasteiger partial charge in [-0.25, -0.2) is 0 Å². The van der Waals surface area contributed by atoms with Gasteiger partial charge in [-0.1, -0.05) is 12.1 Å². The molecule has 0 radical (unpaired) electrons. The van der Waals surface area contributed by atoms with Crippen LogP contribution in [0.2, 0.25) is 0 Å². The molecule has 0 amide bonds. The van der Waals surface area contributed by atoms with Gasteiger partial charge in [0.2, 0.25) is 0 Å². The molecule has 0 spiro atoms. The highest BCUT2D eigenvalue weighted by molar-refractivity contribution is 5.19. The van der Waals surface area contributed by atoms with Crippen LogP contribution in [-0.4, -0.2) is 22.6 Å². The lowest BCUT2D eigenvalue weighted by Crippen LogP contribution is -2.31. The Morgan fingerprint density at radius 3 is 3.00 bits per heavy atom. The van der Waals surface area contributed by atoms with Gasteiger partial charge in [0.15, 0.2) is 0 Å². The van der Waals surface area contributed by atoms with Crippen molar-refractivity contribution in [2.75, 3.05) is 6.61 Å². The summed E-state index contributed by atoms with van der Waals surface area (Å²) in [6, 6.07) is 8.46. The topological polar surface area (TPSA) is 47.0 Å². The van der Waals surface area contributed by atoms with E-state index in [4.69, 9.17) is 4.74 Å². The third-order valence-corrected chi connectivity index (χ3v) is 3.78. The minimum Gasteiger partial charge on any atom is -0.372 e. The number of pyridine rings is 2. The maximum atomic E-state index is 5.85. The van der Waals surface area contributed by atoms with Crippen LogP contribution >= 0.6 is 0 Å². The van der Waals surface area contributed by atoms with E-state index < -0.39 is 0 Å². The van der Waals surface area contributed by atoms with Crippen LogP contribution in [0, 0.1) is 6.92 Å². The normalized spacial score (nSPS) is 22.1. The van der Waals surface area contributed by atoms with Gasteiger partial charge in [0.25, 0.3) is 0 Å². The fourth-order valence-electron chi connectivity index (χ4n) is 2.62. The molecule has 3 heterocycles. The largest absolute Gasteiger partial charge is 0.372 e. The minimum absolute atomic E-state index is 0.0978. The van der Waals surface area contributed by atoms with E-state index in [1.54, 1.807) is 6.20 Å². The van der Waals surface area contributed by atoms with Crippen LogP contribution in [-0.2, 0) is 11.3 Å². The van der Waals surface area contributed by atoms with E-state index in [2.05, 4.69) is 27.4 Å². The quantitative estimate of drug-likeness (QED) is 0.926. The average molecular weight is 269 g/mol. The van der Waals surface area contributed by atoms with Gasteiger partial charge in [-0.3, -0.25) is 9.97 Å². The summed E-state index contributed by atoms with van der Waals surface area (Å²) in [5.41, 5.74) is 3.46. The molecule has 1 aliphatic heterocycles. The molecular weight excluding hydrogens is 250 g/mol. The SMILES string of the molecule is Cc1ncccc1CN[C@H]1CCO[C@@H]1c1cccnc1. The van der Waals surface area contributed by atoms with Crippen molar-refractivity contribution in [1.29, 1.82) is 0 Å². The Kier molecular flexibility index (Phi) is 4.04. The van der Waals surface area contributed by atoms with Gasteiger partial charge in [-0.2, -0.15) is 0 Å². The zero-order valence-corrected chi connectivity index (χ0v) is 11.6. The Hall–Kier alpha value is -1.78. The van der Waals surface area contributed by atoms with Gasteiger partial charge in [0, 0.05) is 49.0 Å². The van der Waals surface area contributed by atoms with Crippen LogP contribution < -0.4 is 5.32 Å². The highest BCUT2D eigenvalue weighted by atomic mass is 16.5. The fraction of sp³-hybridized carbons (Fsp3) is 0.375. The molecule has 20 heavy (non-hydrogen) atoms. The number of nitrogens with zero attached hydrogens (tertiary/aromatic N) is 2. The molecule has 4 heteroatoms. The summed E-state index contributed by atoms with van der Waals surface area (Å²) in [4.78, 5) is 8.50. The Balaban J connectivity index is 1.67. The van der Waals surface area contributed by atoms with Crippen LogP contribution in [0.15, 0.2) is 42.9 Å². The van der Waals surface area contributed by atoms with Crippen LogP contribution in [0.3, 0.4) is 0 Å². The molecule has 3 rings (SSSR count). The second-order valence-corrected chi connectivity index (χ2v) is 5.10. The standard InChI is InChI=1S/C16H19N3O/c1-12-13(4-3-8-18-12)11-19-15-6-9-20-16(15)14-5-2-7-17-10-14/h2-5,7-8,10,15-16,19H,6,9,11H2,1H3/t15-,16+/m0/s1. The van der Waals surface area contributed by atoms with Gasteiger partial charge in [0.1, 0.15) is 0 Å². The van der Waals surface area contributed by atoms with Gasteiger partial charge < -0.3 is 10.1 Å². The van der Waals surface area contributed by atoms with E-state index in [9.17, 15) is 0 Å². The van der Waals surface area contributed by atoms with Crippen molar-refractivity contribution in [2.45, 2.75) is 32.0 Å². The van der Waals surface area contributed by atoms with Gasteiger partial charge in [0.05, 0.1) is 6.10 Å². The number of ether oxygens (including phenoxy) is 1. The lowest BCUT2D eigenvalue weighted by molar-refractivity contribution is 0.0982. The Bertz CT molecular complexity index is 559. The zero-order chi connectivity index (χ0) is 13.8.